The van der Waals surface area contributed by atoms with Gasteiger partial charge >= 0.3 is 8.17 Å². The van der Waals surface area contributed by atoms with Crippen molar-refractivity contribution in [3.05, 3.63) is 0 Å². The second-order valence-electron chi connectivity index (χ2n) is 3.07. The first-order valence-electron chi connectivity index (χ1n) is 4.33. The second kappa shape index (κ2) is 4.14. The normalized spacial score (nSPS) is 36.3. The average molecular weight is 214 g/mol. The molecule has 1 heterocycles. The molecule has 7 heteroatoms. The minimum atomic E-state index is -4.05. The lowest BCUT2D eigenvalue weighted by Gasteiger charge is -2.12. The summed E-state index contributed by atoms with van der Waals surface area (Å²) in [6.07, 6.45) is -0.881. The van der Waals surface area contributed by atoms with Crippen LogP contribution >= 0.6 is 8.17 Å². The van der Waals surface area contributed by atoms with Crippen molar-refractivity contribution in [1.82, 2.24) is 0 Å². The van der Waals surface area contributed by atoms with E-state index >= 15 is 0 Å². The van der Waals surface area contributed by atoms with Crippen LogP contribution in [-0.4, -0.2) is 46.1 Å². The van der Waals surface area contributed by atoms with Crippen LogP contribution in [0.25, 0.3) is 0 Å². The zero-order valence-electron chi connectivity index (χ0n) is 8.16. The van der Waals surface area contributed by atoms with Crippen molar-refractivity contribution in [2.45, 2.75) is 31.7 Å². The third kappa shape index (κ3) is 3.83. The molecule has 0 unspecified atom stereocenters. The van der Waals surface area contributed by atoms with Crippen molar-refractivity contribution in [2.24, 2.45) is 0 Å². The molecule has 0 saturated carbocycles. The van der Waals surface area contributed by atoms with Crippen LogP contribution < -0.4 is 0 Å². The van der Waals surface area contributed by atoms with E-state index in [9.17, 15) is 5.11 Å². The summed E-state index contributed by atoms with van der Waals surface area (Å²) in [5.41, 5.74) is 0. The Hall–Kier alpha value is 0.190. The molecule has 1 saturated heterocycles. The summed E-state index contributed by atoms with van der Waals surface area (Å²) < 4.78 is 16.0. The topological polar surface area (TPSA) is 99.4 Å². The van der Waals surface area contributed by atoms with Crippen LogP contribution in [0.15, 0.2) is 0 Å². The molecule has 0 aromatic rings. The highest BCUT2D eigenvalue weighted by Crippen LogP contribution is 2.46. The number of hydrogen-bond acceptors (Lipinski definition) is 6. The van der Waals surface area contributed by atoms with Crippen molar-refractivity contribution in [2.75, 3.05) is 6.61 Å². The first-order chi connectivity index (χ1) is 6.44. The van der Waals surface area contributed by atoms with Crippen molar-refractivity contribution < 1.29 is 29.0 Å². The average Bonchev–Trinajstić information content (AvgIpc) is 2.42. The van der Waals surface area contributed by atoms with Gasteiger partial charge in [-0.2, -0.15) is 19.2 Å². The predicted molar refractivity (Wildman–Crippen MR) is 44.5 cm³/mol. The zero-order valence-corrected chi connectivity index (χ0v) is 8.05. The molecular weight excluding hydrogens is 199 g/mol. The molecule has 0 aromatic carbocycles. The van der Waals surface area contributed by atoms with Gasteiger partial charge in [-0.15, -0.1) is 0 Å². The van der Waals surface area contributed by atoms with Crippen molar-refractivity contribution in [3.63, 3.8) is 0 Å². The van der Waals surface area contributed by atoms with E-state index in [-0.39, 0.29) is 12.7 Å². The summed E-state index contributed by atoms with van der Waals surface area (Å²) in [6, 6.07) is 0. The lowest BCUT2D eigenvalue weighted by atomic mass is 10.1. The first-order valence-corrected chi connectivity index (χ1v) is 5.45. The highest BCUT2D eigenvalue weighted by atomic mass is 31.2. The molecule has 3 atom stereocenters. The van der Waals surface area contributed by atoms with E-state index in [1.54, 1.807) is 6.92 Å². The molecule has 0 bridgehead atoms. The van der Waals surface area contributed by atoms with Gasteiger partial charge in [0.2, 0.25) is 0 Å². The van der Waals surface area contributed by atoms with E-state index in [1.807, 2.05) is 0 Å². The molecule has 0 aromatic heterocycles. The molecule has 0 radical (unpaired) electrons. The van der Waals surface area contributed by atoms with E-state index in [2.05, 4.69) is 9.42 Å². The number of aliphatic hydroxyl groups is 1. The van der Waals surface area contributed by atoms with Crippen molar-refractivity contribution >= 4 is 8.17 Å². The van der Waals surface area contributed by atoms with Crippen molar-refractivity contribution in [3.8, 4) is 0 Å². The zero-order chi connectivity index (χ0) is 10.8. The molecule has 1 aliphatic rings. The van der Waals surface area contributed by atoms with E-state index in [0.717, 1.165) is 0 Å². The summed E-state index contributed by atoms with van der Waals surface area (Å²) in [4.78, 5) is 21.2. The molecule has 0 aliphatic carbocycles. The summed E-state index contributed by atoms with van der Waals surface area (Å²) in [6.45, 7) is 1.59. The van der Waals surface area contributed by atoms with Gasteiger partial charge in [0.25, 0.3) is 1.43 Å². The lowest BCUT2D eigenvalue weighted by molar-refractivity contribution is -0.0205. The maximum Gasteiger partial charge on any atom is 0.567 e. The Morgan fingerprint density at radius 1 is 1.69 bits per heavy atom. The Labute approximate surface area is 77.9 Å². The molecule has 1 fully saturated rings. The van der Waals surface area contributed by atoms with E-state index in [0.29, 0.717) is 6.42 Å². The summed E-state index contributed by atoms with van der Waals surface area (Å²) in [7, 11) is -4.05. The number of rotatable bonds is 4. The minimum absolute atomic E-state index is 0.0827. The van der Waals surface area contributed by atoms with Gasteiger partial charge in [0, 0.05) is 6.42 Å². The first kappa shape index (κ1) is 9.73. The third-order valence-electron chi connectivity index (χ3n) is 1.82. The molecular formula is C6H14O6P+. The number of aliphatic hydroxyl groups excluding tert-OH is 1. The van der Waals surface area contributed by atoms with Gasteiger partial charge in [0.15, 0.2) is 0 Å². The standard InChI is InChI=1S/C6H14O6P/c1-4-2-5(7)6(12-4)3-11-13(8,9)10/h4-10H,2-3H2,1H3/q+1/t4-,5+,6+/m0/s1/i8D. The lowest BCUT2D eigenvalue weighted by Crippen LogP contribution is -2.26. The molecule has 0 amide bonds. The largest absolute Gasteiger partial charge is 0.567 e. The number of hydrogen-bond donors (Lipinski definition) is 4. The van der Waals surface area contributed by atoms with Crippen LogP contribution in [0.5, 0.6) is 0 Å². The van der Waals surface area contributed by atoms with Crippen LogP contribution in [0.1, 0.15) is 13.3 Å². The minimum Gasteiger partial charge on any atom is -0.390 e. The summed E-state index contributed by atoms with van der Waals surface area (Å²) >= 11 is 0. The van der Waals surface area contributed by atoms with Crippen LogP contribution in [-0.2, 0) is 9.26 Å². The highest BCUT2D eigenvalue weighted by Gasteiger charge is 2.39. The van der Waals surface area contributed by atoms with Gasteiger partial charge in [-0.1, -0.05) is 0 Å². The summed E-state index contributed by atoms with van der Waals surface area (Å²) in [5, 5.41) is 9.39. The molecule has 6 nitrogen and oxygen atoms in total. The predicted octanol–water partition coefficient (Wildman–Crippen LogP) is -0.804. The van der Waals surface area contributed by atoms with Crippen LogP contribution in [0, 0.1) is 0 Å². The van der Waals surface area contributed by atoms with E-state index in [4.69, 9.17) is 16.0 Å². The van der Waals surface area contributed by atoms with E-state index < -0.39 is 20.4 Å². The Bertz CT molecular complexity index is 191. The van der Waals surface area contributed by atoms with Gasteiger partial charge in [0.05, 0.1) is 12.2 Å². The second-order valence-corrected chi connectivity index (χ2v) is 4.31. The Balaban J connectivity index is 2.31. The quantitative estimate of drug-likeness (QED) is 0.457. The molecule has 1 aliphatic heterocycles. The maximum absolute atomic E-state index is 9.39. The molecule has 4 N–H and O–H groups in total. The van der Waals surface area contributed by atoms with Crippen LogP contribution in [0.3, 0.4) is 0 Å². The Kier molecular flexibility index (Phi) is 3.10. The van der Waals surface area contributed by atoms with Crippen LogP contribution in [0.4, 0.5) is 0 Å². The third-order valence-corrected chi connectivity index (χ3v) is 2.30. The SMILES string of the molecule is [2H]O[P+](O)(O)OC[C@H]1O[C@@H](C)C[C@H]1O. The fourth-order valence-electron chi connectivity index (χ4n) is 1.26. The highest BCUT2D eigenvalue weighted by molar-refractivity contribution is 7.53. The van der Waals surface area contributed by atoms with Gasteiger partial charge in [-0.3, -0.25) is 0 Å². The van der Waals surface area contributed by atoms with Gasteiger partial charge in [-0.25, -0.2) is 0 Å². The van der Waals surface area contributed by atoms with Crippen LogP contribution in [0.2, 0.25) is 0 Å². The Morgan fingerprint density at radius 2 is 2.38 bits per heavy atom. The monoisotopic (exact) mass is 214 g/mol. The Morgan fingerprint density at radius 3 is 2.85 bits per heavy atom. The number of ether oxygens (including phenoxy) is 1. The molecule has 78 valence electrons. The fourth-order valence-corrected chi connectivity index (χ4v) is 1.60. The molecule has 13 heavy (non-hydrogen) atoms. The maximum atomic E-state index is 9.39. The molecule has 1 rings (SSSR count). The summed E-state index contributed by atoms with van der Waals surface area (Å²) in [5.74, 6) is 0. The van der Waals surface area contributed by atoms with Crippen molar-refractivity contribution in [1.29, 1.82) is 1.43 Å². The smallest absolute Gasteiger partial charge is 0.390 e. The molecule has 0 spiro atoms. The van der Waals surface area contributed by atoms with E-state index in [1.165, 1.54) is 0 Å². The van der Waals surface area contributed by atoms with Gasteiger partial charge < -0.3 is 9.84 Å². The van der Waals surface area contributed by atoms with Gasteiger partial charge in [0.1, 0.15) is 12.7 Å². The van der Waals surface area contributed by atoms with Gasteiger partial charge in [-0.05, 0) is 6.92 Å². The fraction of sp³-hybridized carbons (Fsp3) is 1.00.